The summed E-state index contributed by atoms with van der Waals surface area (Å²) in [6.07, 6.45) is -4.39. The van der Waals surface area contributed by atoms with Gasteiger partial charge in [0.2, 0.25) is 11.6 Å². The van der Waals surface area contributed by atoms with Crippen LogP contribution in [0.3, 0.4) is 0 Å². The first kappa shape index (κ1) is 24.6. The van der Waals surface area contributed by atoms with Crippen LogP contribution in [0.4, 0.5) is 22.0 Å². The van der Waals surface area contributed by atoms with Gasteiger partial charge in [-0.1, -0.05) is 18.2 Å². The lowest BCUT2D eigenvalue weighted by atomic mass is 9.72. The molecular weight excluding hydrogens is 477 g/mol. The molecule has 0 aromatic heterocycles. The van der Waals surface area contributed by atoms with Crippen LogP contribution >= 0.6 is 0 Å². The number of aryl methyl sites for hydroxylation is 1. The fourth-order valence-electron chi connectivity index (χ4n) is 5.63. The lowest BCUT2D eigenvalue weighted by molar-refractivity contribution is -0.228. The smallest absolute Gasteiger partial charge is 0.359 e. The van der Waals surface area contributed by atoms with Gasteiger partial charge in [-0.25, -0.2) is 17.2 Å². The maximum Gasteiger partial charge on any atom is 0.426 e. The van der Waals surface area contributed by atoms with E-state index in [9.17, 15) is 35.2 Å². The second kappa shape index (κ2) is 8.03. The molecule has 2 aromatic rings. The molecule has 0 bridgehead atoms. The Hall–Kier alpha value is -2.49. The summed E-state index contributed by atoms with van der Waals surface area (Å²) in [6, 6.07) is 7.66. The van der Waals surface area contributed by atoms with E-state index in [2.05, 4.69) is 5.32 Å². The van der Waals surface area contributed by atoms with Crippen molar-refractivity contribution in [3.05, 3.63) is 65.0 Å². The Morgan fingerprint density at radius 2 is 1.71 bits per heavy atom. The molecule has 2 aromatic carbocycles. The number of sulfone groups is 1. The number of hydrogen-bond donors (Lipinski definition) is 1. The first-order valence-corrected chi connectivity index (χ1v) is 12.4. The minimum absolute atomic E-state index is 0.0635. The highest BCUT2D eigenvalue weighted by Crippen LogP contribution is 2.59. The highest BCUT2D eigenvalue weighted by Gasteiger charge is 2.62. The Balaban J connectivity index is 1.93. The number of fused-ring (bicyclic) bond motifs is 3. The molecule has 4 nitrogen and oxygen atoms in total. The number of alkyl halides is 4. The highest BCUT2D eigenvalue weighted by molar-refractivity contribution is 7.92. The standard InChI is InChI=1S/C24H24F5NO3S/c1-22(26,24(27,28)29)15-4-10-19-14(13-15)3-9-20-18(21(31)30-2)11-12-23(19,20)34(32,33)17-7-5-16(25)6-8-17/h4-8,10,13,18,20H,3,9,11-12H2,1-2H3,(H,30,31)/t18-,20+,22?,23-/m1/s1. The number of hydrogen-bond acceptors (Lipinski definition) is 3. The number of nitrogens with one attached hydrogen (secondary N) is 1. The van der Waals surface area contributed by atoms with Crippen molar-refractivity contribution in [2.75, 3.05) is 7.05 Å². The molecule has 0 aliphatic heterocycles. The molecule has 10 heteroatoms. The third kappa shape index (κ3) is 3.44. The SMILES string of the molecule is CNC(=O)[C@@H]1CC[C@@]2(S(=O)(=O)c3ccc(F)cc3)c3ccc(C(C)(F)C(F)(F)F)cc3CC[C@@H]12. The molecule has 0 radical (unpaired) electrons. The van der Waals surface area contributed by atoms with Crippen LogP contribution in [0.5, 0.6) is 0 Å². The Kier molecular flexibility index (Phi) is 5.82. The maximum absolute atomic E-state index is 14.7. The largest absolute Gasteiger partial charge is 0.426 e. The minimum atomic E-state index is -5.14. The monoisotopic (exact) mass is 501 g/mol. The molecule has 0 spiro atoms. The van der Waals surface area contributed by atoms with Gasteiger partial charge in [0.15, 0.2) is 9.84 Å². The third-order valence-electron chi connectivity index (χ3n) is 7.46. The van der Waals surface area contributed by atoms with Crippen LogP contribution in [0.25, 0.3) is 0 Å². The summed E-state index contributed by atoms with van der Waals surface area (Å²) < 4.78 is 94.7. The van der Waals surface area contributed by atoms with Crippen LogP contribution < -0.4 is 5.32 Å². The fourth-order valence-corrected chi connectivity index (χ4v) is 8.10. The molecule has 4 atom stereocenters. The Morgan fingerprint density at radius 1 is 1.06 bits per heavy atom. The second-order valence-corrected chi connectivity index (χ2v) is 11.3. The lowest BCUT2D eigenvalue weighted by Crippen LogP contribution is -2.46. The Morgan fingerprint density at radius 3 is 2.29 bits per heavy atom. The molecule has 2 aliphatic carbocycles. The van der Waals surface area contributed by atoms with E-state index in [1.807, 2.05) is 0 Å². The van der Waals surface area contributed by atoms with E-state index in [-0.39, 0.29) is 42.0 Å². The third-order valence-corrected chi connectivity index (χ3v) is 10.0. The van der Waals surface area contributed by atoms with Gasteiger partial charge >= 0.3 is 6.18 Å². The van der Waals surface area contributed by atoms with Gasteiger partial charge in [-0.15, -0.1) is 0 Å². The average molecular weight is 502 g/mol. The summed E-state index contributed by atoms with van der Waals surface area (Å²) in [4.78, 5) is 12.5. The quantitative estimate of drug-likeness (QED) is 0.476. The summed E-state index contributed by atoms with van der Waals surface area (Å²) in [5, 5.41) is 2.57. The van der Waals surface area contributed by atoms with Crippen molar-refractivity contribution < 1.29 is 35.2 Å². The number of carbonyl (C=O) groups excluding carboxylic acids is 1. The van der Waals surface area contributed by atoms with Gasteiger partial charge in [0, 0.05) is 13.0 Å². The average Bonchev–Trinajstić information content (AvgIpc) is 3.19. The summed E-state index contributed by atoms with van der Waals surface area (Å²) in [5.41, 5.74) is -3.62. The van der Waals surface area contributed by atoms with E-state index in [4.69, 9.17) is 0 Å². The Bertz CT molecular complexity index is 1220. The minimum Gasteiger partial charge on any atom is -0.359 e. The zero-order valence-electron chi connectivity index (χ0n) is 18.5. The fraction of sp³-hybridized carbons (Fsp3) is 0.458. The van der Waals surface area contributed by atoms with Crippen molar-refractivity contribution in [3.8, 4) is 0 Å². The van der Waals surface area contributed by atoms with Crippen LogP contribution in [0.1, 0.15) is 42.9 Å². The maximum atomic E-state index is 14.7. The highest BCUT2D eigenvalue weighted by atomic mass is 32.2. The van der Waals surface area contributed by atoms with Gasteiger partial charge in [0.05, 0.1) is 4.90 Å². The van der Waals surface area contributed by atoms with Crippen LogP contribution in [0, 0.1) is 17.7 Å². The molecular formula is C24H24F5NO3S. The van der Waals surface area contributed by atoms with Crippen molar-refractivity contribution in [2.24, 2.45) is 11.8 Å². The number of amides is 1. The van der Waals surface area contributed by atoms with Crippen molar-refractivity contribution >= 4 is 15.7 Å². The van der Waals surface area contributed by atoms with Gasteiger partial charge in [-0.3, -0.25) is 4.79 Å². The topological polar surface area (TPSA) is 63.2 Å². The van der Waals surface area contributed by atoms with Gasteiger partial charge < -0.3 is 5.32 Å². The van der Waals surface area contributed by atoms with Crippen LogP contribution in [-0.2, 0) is 31.5 Å². The molecule has 0 heterocycles. The summed E-state index contributed by atoms with van der Waals surface area (Å²) in [5.74, 6) is -2.18. The molecule has 1 fully saturated rings. The van der Waals surface area contributed by atoms with Crippen molar-refractivity contribution in [3.63, 3.8) is 0 Å². The van der Waals surface area contributed by atoms with Gasteiger partial charge in [0.25, 0.3) is 0 Å². The van der Waals surface area contributed by atoms with E-state index < -0.39 is 49.6 Å². The number of halogens is 5. The second-order valence-electron chi connectivity index (χ2n) is 9.12. The van der Waals surface area contributed by atoms with Gasteiger partial charge in [-0.2, -0.15) is 13.2 Å². The first-order chi connectivity index (χ1) is 15.8. The summed E-state index contributed by atoms with van der Waals surface area (Å²) in [7, 11) is -2.75. The van der Waals surface area contributed by atoms with Crippen molar-refractivity contribution in [2.45, 2.75) is 54.1 Å². The molecule has 34 heavy (non-hydrogen) atoms. The normalized spacial score (nSPS) is 26.3. The van der Waals surface area contributed by atoms with E-state index in [0.29, 0.717) is 12.5 Å². The molecule has 2 aliphatic rings. The summed E-state index contributed by atoms with van der Waals surface area (Å²) in [6.45, 7) is 0.433. The number of rotatable bonds is 4. The van der Waals surface area contributed by atoms with Gasteiger partial charge in [0.1, 0.15) is 10.6 Å². The molecule has 1 saturated carbocycles. The first-order valence-electron chi connectivity index (χ1n) is 10.9. The van der Waals surface area contributed by atoms with E-state index >= 15 is 0 Å². The van der Waals surface area contributed by atoms with Crippen LogP contribution in [0.2, 0.25) is 0 Å². The zero-order valence-corrected chi connectivity index (χ0v) is 19.4. The number of carbonyl (C=O) groups is 1. The molecule has 4 rings (SSSR count). The van der Waals surface area contributed by atoms with E-state index in [1.165, 1.54) is 13.1 Å². The summed E-state index contributed by atoms with van der Waals surface area (Å²) >= 11 is 0. The molecule has 1 amide bonds. The van der Waals surface area contributed by atoms with Crippen molar-refractivity contribution in [1.82, 2.24) is 5.32 Å². The molecule has 184 valence electrons. The predicted molar refractivity (Wildman–Crippen MR) is 115 cm³/mol. The van der Waals surface area contributed by atoms with E-state index in [0.717, 1.165) is 36.4 Å². The lowest BCUT2D eigenvalue weighted by Gasteiger charge is -2.42. The molecule has 1 unspecified atom stereocenters. The Labute approximate surface area is 194 Å². The van der Waals surface area contributed by atoms with Gasteiger partial charge in [-0.05, 0) is 79.5 Å². The molecule has 0 saturated heterocycles. The number of benzene rings is 2. The van der Waals surface area contributed by atoms with Crippen LogP contribution in [-0.4, -0.2) is 27.5 Å². The zero-order chi connectivity index (χ0) is 25.1. The molecule has 1 N–H and O–H groups in total. The van der Waals surface area contributed by atoms with E-state index in [1.54, 1.807) is 0 Å². The van der Waals surface area contributed by atoms with Crippen molar-refractivity contribution in [1.29, 1.82) is 0 Å². The van der Waals surface area contributed by atoms with Crippen LogP contribution in [0.15, 0.2) is 47.4 Å². The predicted octanol–water partition coefficient (Wildman–Crippen LogP) is 4.96.